The van der Waals surface area contributed by atoms with Gasteiger partial charge in [0.25, 0.3) is 0 Å². The lowest BCUT2D eigenvalue weighted by molar-refractivity contribution is -0.116. The number of nitrogens with one attached hydrogen (secondary N) is 2. The normalized spacial score (nSPS) is 14.2. The number of carbonyl (C=O) groups excluding carboxylic acids is 1. The molecule has 0 unspecified atom stereocenters. The molecule has 2 rings (SSSR count). The quantitative estimate of drug-likeness (QED) is 0.712. The van der Waals surface area contributed by atoms with Gasteiger partial charge in [-0.05, 0) is 37.1 Å². The van der Waals surface area contributed by atoms with Crippen LogP contribution in [-0.4, -0.2) is 29.6 Å². The third kappa shape index (κ3) is 3.85. The summed E-state index contributed by atoms with van der Waals surface area (Å²) in [6.45, 7) is 0.684. The number of carboxylic acid groups (broad SMARTS) is 1. The average Bonchev–Trinajstić information content (AvgIpc) is 3.13. The number of carbonyl (C=O) groups is 2. The Hall–Kier alpha value is -1.88. The third-order valence-electron chi connectivity index (χ3n) is 2.78. The van der Waals surface area contributed by atoms with Crippen molar-refractivity contribution in [1.29, 1.82) is 0 Å². The van der Waals surface area contributed by atoms with E-state index in [0.29, 0.717) is 24.7 Å². The molecule has 0 aromatic heterocycles. The Bertz CT molecular complexity index is 438. The molecule has 1 aromatic rings. The molecule has 0 radical (unpaired) electrons. The molecule has 0 aliphatic heterocycles. The molecule has 0 bridgehead atoms. The molecule has 0 spiro atoms. The van der Waals surface area contributed by atoms with Crippen LogP contribution in [0.3, 0.4) is 0 Å². The van der Waals surface area contributed by atoms with Crippen LogP contribution in [0.4, 0.5) is 5.69 Å². The Kier molecular flexibility index (Phi) is 3.94. The summed E-state index contributed by atoms with van der Waals surface area (Å²) in [5.74, 6) is -1.03. The van der Waals surface area contributed by atoms with Crippen molar-refractivity contribution in [2.24, 2.45) is 0 Å². The fourth-order valence-corrected chi connectivity index (χ4v) is 1.60. The van der Waals surface area contributed by atoms with Crippen LogP contribution in [0.1, 0.15) is 29.6 Å². The number of carboxylic acids is 1. The number of amides is 1. The summed E-state index contributed by atoms with van der Waals surface area (Å²) in [6, 6.07) is 6.74. The topological polar surface area (TPSA) is 78.4 Å². The first-order valence-corrected chi connectivity index (χ1v) is 6.02. The molecular weight excluding hydrogens is 232 g/mol. The van der Waals surface area contributed by atoms with E-state index in [0.717, 1.165) is 0 Å². The molecule has 1 saturated carbocycles. The van der Waals surface area contributed by atoms with Crippen LogP contribution in [0.15, 0.2) is 24.3 Å². The van der Waals surface area contributed by atoms with E-state index >= 15 is 0 Å². The summed E-state index contributed by atoms with van der Waals surface area (Å²) in [6.07, 6.45) is 2.84. The predicted molar refractivity (Wildman–Crippen MR) is 67.7 cm³/mol. The van der Waals surface area contributed by atoms with Gasteiger partial charge in [-0.2, -0.15) is 0 Å². The first-order valence-electron chi connectivity index (χ1n) is 6.02. The molecule has 1 fully saturated rings. The van der Waals surface area contributed by atoms with Crippen molar-refractivity contribution in [2.45, 2.75) is 25.3 Å². The highest BCUT2D eigenvalue weighted by Crippen LogP contribution is 2.18. The molecular formula is C13H16N2O3. The summed E-state index contributed by atoms with van der Waals surface area (Å²) in [5, 5.41) is 14.7. The number of hydrogen-bond donors (Lipinski definition) is 3. The van der Waals surface area contributed by atoms with Gasteiger partial charge in [-0.1, -0.05) is 0 Å². The van der Waals surface area contributed by atoms with Crippen molar-refractivity contribution in [3.8, 4) is 0 Å². The molecule has 5 heteroatoms. The molecule has 1 aliphatic carbocycles. The van der Waals surface area contributed by atoms with Crippen LogP contribution in [-0.2, 0) is 4.79 Å². The lowest BCUT2D eigenvalue weighted by Crippen LogP contribution is -2.23. The molecule has 96 valence electrons. The highest BCUT2D eigenvalue weighted by atomic mass is 16.4. The van der Waals surface area contributed by atoms with Crippen LogP contribution < -0.4 is 10.6 Å². The second kappa shape index (κ2) is 5.64. The Morgan fingerprint density at radius 2 is 1.89 bits per heavy atom. The van der Waals surface area contributed by atoms with Crippen LogP contribution in [0.25, 0.3) is 0 Å². The molecule has 5 nitrogen and oxygen atoms in total. The molecule has 1 aliphatic rings. The van der Waals surface area contributed by atoms with Gasteiger partial charge < -0.3 is 15.7 Å². The monoisotopic (exact) mass is 248 g/mol. The lowest BCUT2D eigenvalue weighted by atomic mass is 10.2. The van der Waals surface area contributed by atoms with Gasteiger partial charge in [-0.15, -0.1) is 0 Å². The van der Waals surface area contributed by atoms with Gasteiger partial charge in [0.1, 0.15) is 0 Å². The van der Waals surface area contributed by atoms with Crippen molar-refractivity contribution >= 4 is 17.6 Å². The maximum atomic E-state index is 11.6. The minimum atomic E-state index is -0.971. The molecule has 3 N–H and O–H groups in total. The largest absolute Gasteiger partial charge is 0.478 e. The van der Waals surface area contributed by atoms with Crippen LogP contribution in [0.5, 0.6) is 0 Å². The number of aromatic carboxylic acids is 1. The van der Waals surface area contributed by atoms with Gasteiger partial charge in [0, 0.05) is 24.7 Å². The van der Waals surface area contributed by atoms with Gasteiger partial charge in [0.05, 0.1) is 5.56 Å². The average molecular weight is 248 g/mol. The number of anilines is 1. The van der Waals surface area contributed by atoms with E-state index in [4.69, 9.17) is 5.11 Å². The van der Waals surface area contributed by atoms with Crippen molar-refractivity contribution in [3.05, 3.63) is 29.8 Å². The van der Waals surface area contributed by atoms with E-state index in [1.807, 2.05) is 0 Å². The van der Waals surface area contributed by atoms with E-state index in [2.05, 4.69) is 10.6 Å². The fraction of sp³-hybridized carbons (Fsp3) is 0.385. The highest BCUT2D eigenvalue weighted by Gasteiger charge is 2.20. The molecule has 0 heterocycles. The SMILES string of the molecule is O=C(CCNC1CC1)Nc1ccc(C(=O)O)cc1. The zero-order chi connectivity index (χ0) is 13.0. The second-order valence-electron chi connectivity index (χ2n) is 4.41. The van der Waals surface area contributed by atoms with E-state index < -0.39 is 5.97 Å². The Labute approximate surface area is 105 Å². The summed E-state index contributed by atoms with van der Waals surface area (Å²) in [7, 11) is 0. The van der Waals surface area contributed by atoms with E-state index in [-0.39, 0.29) is 11.5 Å². The van der Waals surface area contributed by atoms with E-state index in [9.17, 15) is 9.59 Å². The third-order valence-corrected chi connectivity index (χ3v) is 2.78. The van der Waals surface area contributed by atoms with E-state index in [1.54, 1.807) is 12.1 Å². The number of hydrogen-bond acceptors (Lipinski definition) is 3. The van der Waals surface area contributed by atoms with Gasteiger partial charge in [0.15, 0.2) is 0 Å². The summed E-state index contributed by atoms with van der Waals surface area (Å²) >= 11 is 0. The lowest BCUT2D eigenvalue weighted by Gasteiger charge is -2.06. The van der Waals surface area contributed by atoms with Crippen molar-refractivity contribution in [3.63, 3.8) is 0 Å². The van der Waals surface area contributed by atoms with Gasteiger partial charge in [-0.3, -0.25) is 4.79 Å². The highest BCUT2D eigenvalue weighted by molar-refractivity contribution is 5.92. The first kappa shape index (κ1) is 12.6. The smallest absolute Gasteiger partial charge is 0.335 e. The van der Waals surface area contributed by atoms with Crippen molar-refractivity contribution in [1.82, 2.24) is 5.32 Å². The number of rotatable bonds is 6. The standard InChI is InChI=1S/C13H16N2O3/c16-12(7-8-14-10-5-6-10)15-11-3-1-9(2-4-11)13(17)18/h1-4,10,14H,5-8H2,(H,15,16)(H,17,18). The van der Waals surface area contributed by atoms with Crippen molar-refractivity contribution < 1.29 is 14.7 Å². The fourth-order valence-electron chi connectivity index (χ4n) is 1.60. The Morgan fingerprint density at radius 1 is 1.22 bits per heavy atom. The zero-order valence-corrected chi connectivity index (χ0v) is 9.98. The zero-order valence-electron chi connectivity index (χ0n) is 9.98. The summed E-state index contributed by atoms with van der Waals surface area (Å²) in [5.41, 5.74) is 0.833. The summed E-state index contributed by atoms with van der Waals surface area (Å²) < 4.78 is 0. The van der Waals surface area contributed by atoms with Gasteiger partial charge in [0.2, 0.25) is 5.91 Å². The Balaban J connectivity index is 1.76. The van der Waals surface area contributed by atoms with Crippen LogP contribution in [0, 0.1) is 0 Å². The van der Waals surface area contributed by atoms with Gasteiger partial charge in [-0.25, -0.2) is 4.79 Å². The minimum absolute atomic E-state index is 0.0637. The van der Waals surface area contributed by atoms with E-state index in [1.165, 1.54) is 25.0 Å². The predicted octanol–water partition coefficient (Wildman–Crippen LogP) is 1.47. The minimum Gasteiger partial charge on any atom is -0.478 e. The van der Waals surface area contributed by atoms with Crippen LogP contribution >= 0.6 is 0 Å². The summed E-state index contributed by atoms with van der Waals surface area (Å²) in [4.78, 5) is 22.2. The maximum Gasteiger partial charge on any atom is 0.335 e. The van der Waals surface area contributed by atoms with Crippen molar-refractivity contribution in [2.75, 3.05) is 11.9 Å². The Morgan fingerprint density at radius 3 is 2.44 bits per heavy atom. The molecule has 1 aromatic carbocycles. The molecule has 18 heavy (non-hydrogen) atoms. The maximum absolute atomic E-state index is 11.6. The molecule has 0 saturated heterocycles. The van der Waals surface area contributed by atoms with Crippen LogP contribution in [0.2, 0.25) is 0 Å². The first-order chi connectivity index (χ1) is 8.65. The number of benzene rings is 1. The second-order valence-corrected chi connectivity index (χ2v) is 4.41. The molecule has 0 atom stereocenters. The van der Waals surface area contributed by atoms with Gasteiger partial charge >= 0.3 is 5.97 Å². The molecule has 1 amide bonds.